The molecule has 2 aliphatic heterocycles. The van der Waals surface area contributed by atoms with Gasteiger partial charge in [-0.1, -0.05) is 18.5 Å². The van der Waals surface area contributed by atoms with Crippen LogP contribution < -0.4 is 5.32 Å². The van der Waals surface area contributed by atoms with Gasteiger partial charge in [0.2, 0.25) is 0 Å². The number of nitrogens with one attached hydrogen (secondary N) is 1. The molecule has 0 bridgehead atoms. The number of halogens is 2. The number of amides is 3. The fourth-order valence-corrected chi connectivity index (χ4v) is 4.27. The average Bonchev–Trinajstić information content (AvgIpc) is 2.94. The highest BCUT2D eigenvalue weighted by Crippen LogP contribution is 2.29. The van der Waals surface area contributed by atoms with Crippen molar-refractivity contribution in [2.75, 3.05) is 18.9 Å². The number of anilines is 1. The Hall–Kier alpha value is -2.61. The second-order valence-electron chi connectivity index (χ2n) is 7.99. The molecule has 29 heavy (non-hydrogen) atoms. The number of nitrogens with zero attached hydrogens (tertiary/aromatic N) is 4. The summed E-state index contributed by atoms with van der Waals surface area (Å²) in [7, 11) is 1.79. The first kappa shape index (κ1) is 19.7. The molecular weight excluding hydrogens is 397 g/mol. The Balaban J connectivity index is 1.61. The molecule has 154 valence electrons. The summed E-state index contributed by atoms with van der Waals surface area (Å²) in [6.07, 6.45) is 0.568. The summed E-state index contributed by atoms with van der Waals surface area (Å²) in [4.78, 5) is 29.2. The third-order valence-corrected chi connectivity index (χ3v) is 5.82. The molecular formula is C20H23ClFN5O2. The average molecular weight is 420 g/mol. The van der Waals surface area contributed by atoms with Gasteiger partial charge in [-0.15, -0.1) is 0 Å². The van der Waals surface area contributed by atoms with Gasteiger partial charge in [-0.2, -0.15) is 5.10 Å². The van der Waals surface area contributed by atoms with E-state index in [1.165, 1.54) is 18.2 Å². The topological polar surface area (TPSA) is 70.5 Å². The normalized spacial score (nSPS) is 21.5. The summed E-state index contributed by atoms with van der Waals surface area (Å²) in [5, 5.41) is 7.40. The summed E-state index contributed by atoms with van der Waals surface area (Å²) < 4.78 is 15.2. The minimum Gasteiger partial charge on any atom is -0.340 e. The van der Waals surface area contributed by atoms with Crippen molar-refractivity contribution in [3.8, 4) is 0 Å². The molecule has 2 aromatic rings. The van der Waals surface area contributed by atoms with Crippen LogP contribution in [0.5, 0.6) is 0 Å². The van der Waals surface area contributed by atoms with E-state index in [-0.39, 0.29) is 23.0 Å². The lowest BCUT2D eigenvalue weighted by Crippen LogP contribution is -2.45. The number of hydrogen-bond donors (Lipinski definition) is 1. The van der Waals surface area contributed by atoms with E-state index in [1.54, 1.807) is 21.5 Å². The third-order valence-electron chi connectivity index (χ3n) is 5.53. The summed E-state index contributed by atoms with van der Waals surface area (Å²) in [5.74, 6) is -0.310. The molecule has 0 saturated carbocycles. The first-order chi connectivity index (χ1) is 13.7. The molecule has 3 heterocycles. The number of rotatable bonds is 1. The number of carbonyl (C=O) groups is 2. The van der Waals surface area contributed by atoms with Crippen molar-refractivity contribution in [3.05, 3.63) is 46.0 Å². The maximum Gasteiger partial charge on any atom is 0.322 e. The Bertz CT molecular complexity index is 991. The van der Waals surface area contributed by atoms with Crippen molar-refractivity contribution in [3.63, 3.8) is 0 Å². The summed E-state index contributed by atoms with van der Waals surface area (Å²) in [6, 6.07) is 3.63. The number of aromatic nitrogens is 2. The molecule has 0 aliphatic carbocycles. The van der Waals surface area contributed by atoms with E-state index in [0.717, 1.165) is 11.3 Å². The van der Waals surface area contributed by atoms with Crippen LogP contribution in [0.3, 0.4) is 0 Å². The molecule has 7 nitrogen and oxygen atoms in total. The van der Waals surface area contributed by atoms with Crippen LogP contribution in [-0.4, -0.2) is 51.2 Å². The van der Waals surface area contributed by atoms with E-state index in [4.69, 9.17) is 11.6 Å². The van der Waals surface area contributed by atoms with Gasteiger partial charge < -0.3 is 15.1 Å². The Morgan fingerprint density at radius 2 is 2.07 bits per heavy atom. The second-order valence-corrected chi connectivity index (χ2v) is 8.39. The molecule has 0 radical (unpaired) electrons. The molecule has 2 aliphatic rings. The summed E-state index contributed by atoms with van der Waals surface area (Å²) in [5.41, 5.74) is 2.66. The molecule has 1 aromatic carbocycles. The first-order valence-electron chi connectivity index (χ1n) is 9.61. The zero-order chi connectivity index (χ0) is 20.9. The van der Waals surface area contributed by atoms with Crippen LogP contribution in [0.15, 0.2) is 18.2 Å². The van der Waals surface area contributed by atoms with Crippen molar-refractivity contribution in [2.24, 2.45) is 5.92 Å². The Kier molecular flexibility index (Phi) is 4.98. The zero-order valence-electron chi connectivity index (χ0n) is 16.6. The lowest BCUT2D eigenvalue weighted by Gasteiger charge is -2.33. The highest BCUT2D eigenvalue weighted by Gasteiger charge is 2.36. The van der Waals surface area contributed by atoms with Gasteiger partial charge in [0, 0.05) is 43.9 Å². The molecule has 0 spiro atoms. The van der Waals surface area contributed by atoms with Crippen LogP contribution in [0.4, 0.5) is 14.9 Å². The monoisotopic (exact) mass is 419 g/mol. The van der Waals surface area contributed by atoms with Gasteiger partial charge in [0.25, 0.3) is 5.91 Å². The van der Waals surface area contributed by atoms with Gasteiger partial charge in [0.15, 0.2) is 0 Å². The maximum absolute atomic E-state index is 13.4. The summed E-state index contributed by atoms with van der Waals surface area (Å²) in [6.45, 7) is 5.67. The fraction of sp³-hybridized carbons (Fsp3) is 0.450. The Labute approximate surface area is 173 Å². The van der Waals surface area contributed by atoms with Gasteiger partial charge in [-0.25, -0.2) is 9.18 Å². The predicted molar refractivity (Wildman–Crippen MR) is 107 cm³/mol. The lowest BCUT2D eigenvalue weighted by atomic mass is 9.99. The van der Waals surface area contributed by atoms with Gasteiger partial charge in [-0.3, -0.25) is 9.48 Å². The van der Waals surface area contributed by atoms with Crippen LogP contribution in [0.2, 0.25) is 5.02 Å². The Morgan fingerprint density at radius 3 is 2.79 bits per heavy atom. The van der Waals surface area contributed by atoms with E-state index < -0.39 is 5.82 Å². The van der Waals surface area contributed by atoms with Crippen molar-refractivity contribution in [2.45, 2.75) is 39.4 Å². The van der Waals surface area contributed by atoms with Gasteiger partial charge >= 0.3 is 6.03 Å². The smallest absolute Gasteiger partial charge is 0.322 e. The number of carbonyl (C=O) groups excluding carboxylic acids is 2. The molecule has 4 rings (SSSR count). The molecule has 1 aromatic heterocycles. The largest absolute Gasteiger partial charge is 0.340 e. The van der Waals surface area contributed by atoms with Crippen LogP contribution in [0, 0.1) is 11.7 Å². The minimum absolute atomic E-state index is 0.0542. The van der Waals surface area contributed by atoms with Crippen LogP contribution in [0.25, 0.3) is 0 Å². The van der Waals surface area contributed by atoms with Crippen molar-refractivity contribution < 1.29 is 14.0 Å². The van der Waals surface area contributed by atoms with E-state index in [1.807, 2.05) is 6.92 Å². The number of benzene rings is 1. The molecule has 0 saturated heterocycles. The van der Waals surface area contributed by atoms with Crippen molar-refractivity contribution >= 4 is 29.2 Å². The second kappa shape index (κ2) is 7.33. The maximum atomic E-state index is 13.4. The standard InChI is InChI=1S/C20H23ClFN5O2/c1-11-8-25(3)19(28)18-14-10-26(12(2)6-17(14)24-27(18)9-11)20(29)23-13-4-5-16(22)15(21)7-13/h4-5,7,11-12H,6,8-10H2,1-3H3,(H,23,29)/t11-,12-/m1/s1. The van der Waals surface area contributed by atoms with Crippen LogP contribution in [-0.2, 0) is 19.5 Å². The number of urea groups is 1. The van der Waals surface area contributed by atoms with Crippen molar-refractivity contribution in [1.29, 1.82) is 0 Å². The third kappa shape index (κ3) is 3.57. The molecule has 1 N–H and O–H groups in total. The van der Waals surface area contributed by atoms with Crippen molar-refractivity contribution in [1.82, 2.24) is 19.6 Å². The number of hydrogen-bond acceptors (Lipinski definition) is 3. The zero-order valence-corrected chi connectivity index (χ0v) is 17.3. The van der Waals surface area contributed by atoms with E-state index >= 15 is 0 Å². The first-order valence-corrected chi connectivity index (χ1v) is 9.99. The molecule has 0 fully saturated rings. The summed E-state index contributed by atoms with van der Waals surface area (Å²) >= 11 is 5.81. The number of fused-ring (bicyclic) bond motifs is 3. The minimum atomic E-state index is -0.542. The van der Waals surface area contributed by atoms with Gasteiger partial charge in [-0.05, 0) is 31.0 Å². The highest BCUT2D eigenvalue weighted by molar-refractivity contribution is 6.31. The van der Waals surface area contributed by atoms with E-state index in [0.29, 0.717) is 43.4 Å². The quantitative estimate of drug-likeness (QED) is 0.770. The van der Waals surface area contributed by atoms with Gasteiger partial charge in [0.05, 0.1) is 17.3 Å². The van der Waals surface area contributed by atoms with Gasteiger partial charge in [0.1, 0.15) is 11.5 Å². The molecule has 0 unspecified atom stereocenters. The van der Waals surface area contributed by atoms with Crippen LogP contribution >= 0.6 is 11.6 Å². The van der Waals surface area contributed by atoms with Crippen LogP contribution in [0.1, 0.15) is 35.6 Å². The fourth-order valence-electron chi connectivity index (χ4n) is 4.09. The molecule has 2 atom stereocenters. The molecule has 9 heteroatoms. The predicted octanol–water partition coefficient (Wildman–Crippen LogP) is 3.38. The highest BCUT2D eigenvalue weighted by atomic mass is 35.5. The Morgan fingerprint density at radius 1 is 1.31 bits per heavy atom. The molecule has 3 amide bonds. The lowest BCUT2D eigenvalue weighted by molar-refractivity contribution is 0.0781. The van der Waals surface area contributed by atoms with E-state index in [2.05, 4.69) is 17.3 Å². The SMILES string of the molecule is C[C@@H]1CN(C)C(=O)c2c3c(nn2C1)C[C@@H](C)N(C(=O)Nc1ccc(F)c(Cl)c1)C3. The van der Waals surface area contributed by atoms with E-state index in [9.17, 15) is 14.0 Å².